The van der Waals surface area contributed by atoms with E-state index in [1.807, 2.05) is 73.7 Å². The Morgan fingerprint density at radius 2 is 1.71 bits per heavy atom. The van der Waals surface area contributed by atoms with Crippen molar-refractivity contribution < 1.29 is 9.59 Å². The molecule has 4 heteroatoms. The summed E-state index contributed by atoms with van der Waals surface area (Å²) in [4.78, 5) is 29.7. The Hall–Kier alpha value is -2.85. The highest BCUT2D eigenvalue weighted by Crippen LogP contribution is 2.49. The standard InChI is InChI=1S/C24H19NO2S/c1-15-21-23(27)20(16-9-4-2-5-10-16)18-13-8-14-19(25(18)21)24(28-15)22(26)17-11-6-3-7-12-17/h2-13,19,24H,14H2,1H3/t19-,24+/m0/s1. The normalized spacial score (nSPS) is 23.3. The first-order chi connectivity index (χ1) is 13.7. The van der Waals surface area contributed by atoms with Crippen LogP contribution >= 0.6 is 11.8 Å². The van der Waals surface area contributed by atoms with Gasteiger partial charge in [0.2, 0.25) is 5.78 Å². The van der Waals surface area contributed by atoms with Crippen LogP contribution in [0.4, 0.5) is 0 Å². The molecule has 28 heavy (non-hydrogen) atoms. The molecule has 0 aliphatic carbocycles. The predicted molar refractivity (Wildman–Crippen MR) is 113 cm³/mol. The van der Waals surface area contributed by atoms with E-state index in [9.17, 15) is 9.59 Å². The van der Waals surface area contributed by atoms with Gasteiger partial charge in [0.25, 0.3) is 0 Å². The van der Waals surface area contributed by atoms with Crippen LogP contribution in [0.15, 0.2) is 89.1 Å². The fourth-order valence-electron chi connectivity index (χ4n) is 4.31. The molecule has 5 rings (SSSR count). The molecule has 0 fully saturated rings. The van der Waals surface area contributed by atoms with Gasteiger partial charge in [-0.3, -0.25) is 9.59 Å². The van der Waals surface area contributed by atoms with Gasteiger partial charge >= 0.3 is 0 Å². The smallest absolute Gasteiger partial charge is 0.212 e. The van der Waals surface area contributed by atoms with E-state index in [1.54, 1.807) is 11.8 Å². The minimum atomic E-state index is -0.228. The first kappa shape index (κ1) is 17.3. The monoisotopic (exact) mass is 385 g/mol. The molecule has 0 saturated heterocycles. The van der Waals surface area contributed by atoms with Crippen LogP contribution in [0, 0.1) is 0 Å². The van der Waals surface area contributed by atoms with Gasteiger partial charge < -0.3 is 4.90 Å². The molecule has 2 aromatic carbocycles. The average molecular weight is 385 g/mol. The van der Waals surface area contributed by atoms with E-state index in [4.69, 9.17) is 0 Å². The van der Waals surface area contributed by atoms with E-state index in [1.165, 1.54) is 0 Å². The van der Waals surface area contributed by atoms with Gasteiger partial charge in [0.05, 0.1) is 28.3 Å². The number of Topliss-reactive ketones (excluding diaryl/α,β-unsaturated/α-hetero) is 2. The highest BCUT2D eigenvalue weighted by molar-refractivity contribution is 8.04. The molecule has 0 unspecified atom stereocenters. The van der Waals surface area contributed by atoms with Crippen molar-refractivity contribution in [2.24, 2.45) is 0 Å². The lowest BCUT2D eigenvalue weighted by atomic mass is 9.95. The second kappa shape index (κ2) is 6.64. The fourth-order valence-corrected chi connectivity index (χ4v) is 5.63. The summed E-state index contributed by atoms with van der Waals surface area (Å²) in [7, 11) is 0. The third-order valence-corrected chi connectivity index (χ3v) is 6.88. The highest BCUT2D eigenvalue weighted by atomic mass is 32.2. The molecule has 3 nitrogen and oxygen atoms in total. The summed E-state index contributed by atoms with van der Waals surface area (Å²) in [6.45, 7) is 1.96. The summed E-state index contributed by atoms with van der Waals surface area (Å²) in [6.07, 6.45) is 4.89. The summed E-state index contributed by atoms with van der Waals surface area (Å²) >= 11 is 1.54. The van der Waals surface area contributed by atoms with Crippen LogP contribution in [0.2, 0.25) is 0 Å². The van der Waals surface area contributed by atoms with E-state index in [0.717, 1.165) is 39.4 Å². The summed E-state index contributed by atoms with van der Waals surface area (Å²) in [6, 6.07) is 19.2. The molecule has 3 aliphatic rings. The van der Waals surface area contributed by atoms with Crippen molar-refractivity contribution in [3.8, 4) is 0 Å². The van der Waals surface area contributed by atoms with Crippen LogP contribution in [-0.4, -0.2) is 27.8 Å². The van der Waals surface area contributed by atoms with E-state index >= 15 is 0 Å². The van der Waals surface area contributed by atoms with Gasteiger partial charge in [0.15, 0.2) is 5.78 Å². The number of hydrogen-bond donors (Lipinski definition) is 0. The molecule has 138 valence electrons. The SMILES string of the molecule is CC1=C2C(=O)C(c3ccccc3)=C3C=CC[C@@H]([C@H](C(=O)c4ccccc4)S1)N32. The largest absolute Gasteiger partial charge is 0.332 e. The van der Waals surface area contributed by atoms with Gasteiger partial charge in [-0.1, -0.05) is 66.7 Å². The Morgan fingerprint density at radius 3 is 2.43 bits per heavy atom. The zero-order chi connectivity index (χ0) is 19.3. The summed E-state index contributed by atoms with van der Waals surface area (Å²) in [5.41, 5.74) is 4.06. The number of thioether (sulfide) groups is 1. The molecule has 0 N–H and O–H groups in total. The van der Waals surface area contributed by atoms with Crippen LogP contribution in [0.1, 0.15) is 29.3 Å². The summed E-state index contributed by atoms with van der Waals surface area (Å²) in [5.74, 6) is 0.192. The molecule has 0 bridgehead atoms. The van der Waals surface area contributed by atoms with Crippen LogP contribution < -0.4 is 0 Å². The zero-order valence-electron chi connectivity index (χ0n) is 15.5. The lowest BCUT2D eigenvalue weighted by molar-refractivity contribution is -0.111. The molecule has 0 radical (unpaired) electrons. The number of benzene rings is 2. The van der Waals surface area contributed by atoms with Gasteiger partial charge in [0.1, 0.15) is 0 Å². The summed E-state index contributed by atoms with van der Waals surface area (Å²) < 4.78 is 0. The van der Waals surface area contributed by atoms with E-state index in [2.05, 4.69) is 11.0 Å². The van der Waals surface area contributed by atoms with Gasteiger partial charge in [0, 0.05) is 10.5 Å². The van der Waals surface area contributed by atoms with Crippen molar-refractivity contribution >= 4 is 28.9 Å². The predicted octanol–water partition coefficient (Wildman–Crippen LogP) is 4.84. The van der Waals surface area contributed by atoms with E-state index in [0.29, 0.717) is 0 Å². The third-order valence-electron chi connectivity index (χ3n) is 5.55. The number of hydrogen-bond acceptors (Lipinski definition) is 4. The highest BCUT2D eigenvalue weighted by Gasteiger charge is 2.48. The minimum absolute atomic E-state index is 0.0402. The molecule has 2 aromatic rings. The van der Waals surface area contributed by atoms with Crippen molar-refractivity contribution in [2.45, 2.75) is 24.6 Å². The lowest BCUT2D eigenvalue weighted by Crippen LogP contribution is -2.47. The van der Waals surface area contributed by atoms with Crippen molar-refractivity contribution in [1.82, 2.24) is 4.90 Å². The number of carbonyl (C=O) groups excluding carboxylic acids is 2. The molecule has 0 saturated carbocycles. The van der Waals surface area contributed by atoms with E-state index in [-0.39, 0.29) is 22.9 Å². The number of ketones is 2. The van der Waals surface area contributed by atoms with Crippen LogP contribution in [-0.2, 0) is 4.79 Å². The maximum Gasteiger partial charge on any atom is 0.212 e. The van der Waals surface area contributed by atoms with Gasteiger partial charge in [-0.05, 0) is 25.0 Å². The Kier molecular flexibility index (Phi) is 4.09. The van der Waals surface area contributed by atoms with Crippen LogP contribution in [0.25, 0.3) is 5.57 Å². The number of carbonyl (C=O) groups is 2. The first-order valence-corrected chi connectivity index (χ1v) is 10.3. The molecule has 0 spiro atoms. The van der Waals surface area contributed by atoms with Crippen LogP contribution in [0.5, 0.6) is 0 Å². The first-order valence-electron chi connectivity index (χ1n) is 9.44. The maximum atomic E-state index is 13.4. The molecule has 3 aliphatic heterocycles. The zero-order valence-corrected chi connectivity index (χ0v) is 16.3. The van der Waals surface area contributed by atoms with Gasteiger partial charge in [-0.15, -0.1) is 11.8 Å². The van der Waals surface area contributed by atoms with Crippen molar-refractivity contribution in [3.05, 3.63) is 100 Å². The topological polar surface area (TPSA) is 37.4 Å². The second-order valence-corrected chi connectivity index (χ2v) is 8.56. The van der Waals surface area contributed by atoms with Gasteiger partial charge in [-0.2, -0.15) is 0 Å². The Balaban J connectivity index is 1.63. The van der Waals surface area contributed by atoms with Crippen LogP contribution in [0.3, 0.4) is 0 Å². The Labute approximate surface area is 168 Å². The number of nitrogens with zero attached hydrogens (tertiary/aromatic N) is 1. The number of allylic oxidation sites excluding steroid dienone is 3. The summed E-state index contributed by atoms with van der Waals surface area (Å²) in [5, 5.41) is -0.228. The fraction of sp³-hybridized carbons (Fsp3) is 0.167. The lowest BCUT2D eigenvalue weighted by Gasteiger charge is -2.42. The molecular weight excluding hydrogens is 366 g/mol. The Bertz CT molecular complexity index is 1070. The molecule has 0 amide bonds. The second-order valence-electron chi connectivity index (χ2n) is 7.20. The maximum absolute atomic E-state index is 13.4. The molecular formula is C24H19NO2S. The van der Waals surface area contributed by atoms with Crippen molar-refractivity contribution in [1.29, 1.82) is 0 Å². The van der Waals surface area contributed by atoms with Crippen molar-refractivity contribution in [3.63, 3.8) is 0 Å². The number of rotatable bonds is 3. The van der Waals surface area contributed by atoms with Gasteiger partial charge in [-0.25, -0.2) is 0 Å². The molecule has 0 aromatic heterocycles. The quantitative estimate of drug-likeness (QED) is 0.709. The Morgan fingerprint density at radius 1 is 1.04 bits per heavy atom. The molecule has 3 heterocycles. The van der Waals surface area contributed by atoms with Crippen molar-refractivity contribution in [2.75, 3.05) is 0 Å². The minimum Gasteiger partial charge on any atom is -0.332 e. The third kappa shape index (κ3) is 2.52. The molecule has 2 atom stereocenters. The average Bonchev–Trinajstić information content (AvgIpc) is 3.05. The van der Waals surface area contributed by atoms with E-state index < -0.39 is 0 Å².